The van der Waals surface area contributed by atoms with Crippen LogP contribution in [-0.4, -0.2) is 20.3 Å². The zero-order valence-corrected chi connectivity index (χ0v) is 16.6. The van der Waals surface area contributed by atoms with E-state index in [4.69, 9.17) is 23.2 Å². The number of carbonyl (C=O) groups excluding carboxylic acids is 1. The van der Waals surface area contributed by atoms with Gasteiger partial charge in [-0.25, -0.2) is 9.97 Å². The molecule has 1 N–H and O–H groups in total. The molecule has 0 saturated carbocycles. The van der Waals surface area contributed by atoms with Crippen LogP contribution in [0.4, 0.5) is 5.13 Å². The second-order valence-electron chi connectivity index (χ2n) is 5.51. The molecule has 4 aromatic rings. The van der Waals surface area contributed by atoms with Crippen LogP contribution in [0.25, 0.3) is 4.96 Å². The van der Waals surface area contributed by atoms with E-state index >= 15 is 0 Å². The number of rotatable bonds is 4. The van der Waals surface area contributed by atoms with E-state index in [0.717, 1.165) is 10.4 Å². The second kappa shape index (κ2) is 7.40. The third-order valence-electron chi connectivity index (χ3n) is 3.76. The molecule has 0 aliphatic carbocycles. The summed E-state index contributed by atoms with van der Waals surface area (Å²) in [5.41, 5.74) is 0.415. The Morgan fingerprint density at radius 2 is 2.07 bits per heavy atom. The first-order valence-corrected chi connectivity index (χ1v) is 10.1. The number of nitrogens with one attached hydrogen (secondary N) is 1. The van der Waals surface area contributed by atoms with Gasteiger partial charge in [-0.3, -0.25) is 19.3 Å². The van der Waals surface area contributed by atoms with Crippen molar-refractivity contribution in [3.63, 3.8) is 0 Å². The van der Waals surface area contributed by atoms with Crippen LogP contribution < -0.4 is 10.9 Å². The van der Waals surface area contributed by atoms with Gasteiger partial charge in [-0.15, -0.1) is 22.7 Å². The number of thiazole rings is 2. The minimum atomic E-state index is -0.546. The molecule has 4 rings (SSSR count). The van der Waals surface area contributed by atoms with Crippen molar-refractivity contribution in [1.29, 1.82) is 0 Å². The first-order chi connectivity index (χ1) is 13.0. The standard InChI is InChI=1S/C17H10Cl2N4O2S2/c18-12-3-1-2-9(13(12)19)6-10-7-20-16(27-10)22-14(24)11-8-21-17-23(15(11)25)4-5-26-17/h1-5,7-8H,6H2,(H,20,22,24). The number of hydrogen-bond donors (Lipinski definition) is 1. The van der Waals surface area contributed by atoms with Gasteiger partial charge in [0, 0.05) is 35.3 Å². The molecule has 0 aliphatic rings. The summed E-state index contributed by atoms with van der Waals surface area (Å²) in [5, 5.41) is 5.77. The maximum atomic E-state index is 12.4. The van der Waals surface area contributed by atoms with Gasteiger partial charge in [-0.05, 0) is 11.6 Å². The summed E-state index contributed by atoms with van der Waals surface area (Å²) >= 11 is 14.9. The molecule has 1 amide bonds. The van der Waals surface area contributed by atoms with Crippen LogP contribution in [0.15, 0.2) is 47.0 Å². The van der Waals surface area contributed by atoms with Gasteiger partial charge in [0.05, 0.1) is 10.0 Å². The first kappa shape index (κ1) is 18.1. The number of benzene rings is 1. The van der Waals surface area contributed by atoms with Crippen molar-refractivity contribution in [1.82, 2.24) is 14.4 Å². The molecule has 0 radical (unpaired) electrons. The summed E-state index contributed by atoms with van der Waals surface area (Å²) in [4.78, 5) is 34.5. The van der Waals surface area contributed by atoms with Crippen LogP contribution in [0.3, 0.4) is 0 Å². The van der Waals surface area contributed by atoms with Gasteiger partial charge >= 0.3 is 0 Å². The number of amides is 1. The maximum Gasteiger partial charge on any atom is 0.271 e. The fourth-order valence-electron chi connectivity index (χ4n) is 2.46. The molecule has 0 saturated heterocycles. The zero-order valence-electron chi connectivity index (χ0n) is 13.5. The van der Waals surface area contributed by atoms with Crippen molar-refractivity contribution in [3.8, 4) is 0 Å². The lowest BCUT2D eigenvalue weighted by molar-refractivity contribution is 0.102. The summed E-state index contributed by atoms with van der Waals surface area (Å²) in [6.07, 6.45) is 5.06. The highest BCUT2D eigenvalue weighted by Gasteiger charge is 2.16. The number of carbonyl (C=O) groups is 1. The average molecular weight is 437 g/mol. The lowest BCUT2D eigenvalue weighted by atomic mass is 10.1. The van der Waals surface area contributed by atoms with Gasteiger partial charge in [0.15, 0.2) is 10.1 Å². The smallest absolute Gasteiger partial charge is 0.271 e. The number of fused-ring (bicyclic) bond motifs is 1. The minimum absolute atomic E-state index is 0.0412. The van der Waals surface area contributed by atoms with Crippen molar-refractivity contribution in [2.45, 2.75) is 6.42 Å². The normalized spacial score (nSPS) is 11.0. The molecular formula is C17H10Cl2N4O2S2. The van der Waals surface area contributed by atoms with Gasteiger partial charge in [-0.1, -0.05) is 35.3 Å². The molecule has 3 aromatic heterocycles. The lowest BCUT2D eigenvalue weighted by Crippen LogP contribution is -2.25. The molecule has 3 heterocycles. The van der Waals surface area contributed by atoms with Crippen molar-refractivity contribution in [2.75, 3.05) is 5.32 Å². The van der Waals surface area contributed by atoms with Crippen molar-refractivity contribution in [2.24, 2.45) is 0 Å². The SMILES string of the molecule is O=C(Nc1ncc(Cc2cccc(Cl)c2Cl)s1)c1cnc2sccn2c1=O. The number of halogens is 2. The van der Waals surface area contributed by atoms with E-state index < -0.39 is 11.5 Å². The van der Waals surface area contributed by atoms with Crippen molar-refractivity contribution < 1.29 is 4.79 Å². The quantitative estimate of drug-likeness (QED) is 0.515. The van der Waals surface area contributed by atoms with Crippen LogP contribution in [0.1, 0.15) is 20.8 Å². The Bertz CT molecular complexity index is 1220. The van der Waals surface area contributed by atoms with E-state index in [1.165, 1.54) is 33.3 Å². The summed E-state index contributed by atoms with van der Waals surface area (Å²) in [6.45, 7) is 0. The highest BCUT2D eigenvalue weighted by atomic mass is 35.5. The molecule has 10 heteroatoms. The predicted octanol–water partition coefficient (Wildman–Crippen LogP) is 4.36. The molecule has 0 unspecified atom stereocenters. The van der Waals surface area contributed by atoms with Crippen LogP contribution in [0.2, 0.25) is 10.0 Å². The van der Waals surface area contributed by atoms with Gasteiger partial charge in [-0.2, -0.15) is 0 Å². The van der Waals surface area contributed by atoms with E-state index in [0.29, 0.717) is 26.6 Å². The summed E-state index contributed by atoms with van der Waals surface area (Å²) < 4.78 is 1.34. The minimum Gasteiger partial charge on any atom is -0.298 e. The molecule has 1 aromatic carbocycles. The second-order valence-corrected chi connectivity index (χ2v) is 8.28. The fourth-order valence-corrected chi connectivity index (χ4v) is 4.36. The van der Waals surface area contributed by atoms with E-state index in [1.807, 2.05) is 12.1 Å². The topological polar surface area (TPSA) is 76.4 Å². The van der Waals surface area contributed by atoms with Crippen LogP contribution in [-0.2, 0) is 6.42 Å². The Kier molecular flexibility index (Phi) is 4.96. The first-order valence-electron chi connectivity index (χ1n) is 7.67. The van der Waals surface area contributed by atoms with Gasteiger partial charge < -0.3 is 0 Å². The highest BCUT2D eigenvalue weighted by Crippen LogP contribution is 2.29. The molecule has 0 atom stereocenters. The van der Waals surface area contributed by atoms with Crippen LogP contribution in [0, 0.1) is 0 Å². The Morgan fingerprint density at radius 3 is 2.93 bits per heavy atom. The number of hydrogen-bond acceptors (Lipinski definition) is 6. The molecule has 136 valence electrons. The number of nitrogens with zero attached hydrogens (tertiary/aromatic N) is 3. The number of anilines is 1. The maximum absolute atomic E-state index is 12.4. The molecule has 6 nitrogen and oxygen atoms in total. The largest absolute Gasteiger partial charge is 0.298 e. The third kappa shape index (κ3) is 3.61. The Hall–Kier alpha value is -2.26. The highest BCUT2D eigenvalue weighted by molar-refractivity contribution is 7.15. The van der Waals surface area contributed by atoms with E-state index in [-0.39, 0.29) is 5.56 Å². The summed E-state index contributed by atoms with van der Waals surface area (Å²) in [5.74, 6) is -0.546. The van der Waals surface area contributed by atoms with E-state index in [1.54, 1.807) is 23.8 Å². The predicted molar refractivity (Wildman–Crippen MR) is 109 cm³/mol. The van der Waals surface area contributed by atoms with Crippen molar-refractivity contribution >= 4 is 61.9 Å². The van der Waals surface area contributed by atoms with Crippen molar-refractivity contribution in [3.05, 3.63) is 78.6 Å². The molecule has 0 fully saturated rings. The monoisotopic (exact) mass is 436 g/mol. The molecule has 27 heavy (non-hydrogen) atoms. The Balaban J connectivity index is 1.53. The van der Waals surface area contributed by atoms with Crippen LogP contribution >= 0.6 is 45.9 Å². The third-order valence-corrected chi connectivity index (χ3v) is 6.30. The van der Waals surface area contributed by atoms with E-state index in [9.17, 15) is 9.59 Å². The number of aromatic nitrogens is 3. The zero-order chi connectivity index (χ0) is 19.0. The fraction of sp³-hybridized carbons (Fsp3) is 0.0588. The molecule has 0 spiro atoms. The summed E-state index contributed by atoms with van der Waals surface area (Å²) in [6, 6.07) is 5.44. The lowest BCUT2D eigenvalue weighted by Gasteiger charge is -2.03. The Labute approximate surface area is 171 Å². The van der Waals surface area contributed by atoms with Gasteiger partial charge in [0.25, 0.3) is 11.5 Å². The summed E-state index contributed by atoms with van der Waals surface area (Å²) in [7, 11) is 0. The molecule has 0 aliphatic heterocycles. The molecule has 0 bridgehead atoms. The Morgan fingerprint density at radius 1 is 1.22 bits per heavy atom. The van der Waals surface area contributed by atoms with Gasteiger partial charge in [0.2, 0.25) is 0 Å². The average Bonchev–Trinajstić information content (AvgIpc) is 3.29. The van der Waals surface area contributed by atoms with E-state index in [2.05, 4.69) is 15.3 Å². The van der Waals surface area contributed by atoms with Crippen LogP contribution in [0.5, 0.6) is 0 Å². The molecular weight excluding hydrogens is 427 g/mol. The van der Waals surface area contributed by atoms with Gasteiger partial charge in [0.1, 0.15) is 5.56 Å².